The number of rotatable bonds is 15. The monoisotopic (exact) mass is 1140 g/mol. The minimum atomic E-state index is -0.958. The van der Waals surface area contributed by atoms with Gasteiger partial charge in [-0.1, -0.05) is 27.7 Å². The molecular formula is C61H104O19. The molecule has 11 aliphatic rings. The molecule has 19 heteroatoms. The molecule has 3 aliphatic heterocycles. The average molecular weight is 1140 g/mol. The second kappa shape index (κ2) is 23.9. The first-order chi connectivity index (χ1) is 37.8. The fraction of sp³-hybridized carbons (Fsp3) is 0.984. The van der Waals surface area contributed by atoms with Crippen LogP contribution in [0.3, 0.4) is 0 Å². The van der Waals surface area contributed by atoms with E-state index in [0.29, 0.717) is 57.2 Å². The van der Waals surface area contributed by atoms with Gasteiger partial charge in [0.05, 0.1) is 83.6 Å². The zero-order chi connectivity index (χ0) is 58.0. The normalized spacial score (nSPS) is 49.7. The van der Waals surface area contributed by atoms with Crippen molar-refractivity contribution >= 4 is 6.29 Å². The highest BCUT2D eigenvalue weighted by Gasteiger charge is 2.80. The summed E-state index contributed by atoms with van der Waals surface area (Å²) in [7, 11) is 6.54. The number of ether oxygens (including phenoxy) is 13. The second-order valence-corrected chi connectivity index (χ2v) is 28.2. The molecule has 80 heavy (non-hydrogen) atoms. The van der Waals surface area contributed by atoms with Crippen LogP contribution in [0.4, 0.5) is 0 Å². The summed E-state index contributed by atoms with van der Waals surface area (Å²) in [6.45, 7) is 18.5. The molecule has 2 spiro atoms. The van der Waals surface area contributed by atoms with Crippen molar-refractivity contribution in [3.63, 3.8) is 0 Å². The molecule has 11 fully saturated rings. The minimum Gasteiger partial charge on any atom is -0.394 e. The molecule has 11 rings (SSSR count). The molecule has 6 unspecified atom stereocenters. The van der Waals surface area contributed by atoms with Gasteiger partial charge in [-0.05, 0) is 154 Å². The Kier molecular flexibility index (Phi) is 19.0. The predicted molar refractivity (Wildman–Crippen MR) is 290 cm³/mol. The number of aliphatic hydroxyl groups excluding tert-OH is 3. The van der Waals surface area contributed by atoms with Gasteiger partial charge in [-0.3, -0.25) is 0 Å². The van der Waals surface area contributed by atoms with E-state index in [2.05, 4.69) is 27.7 Å². The van der Waals surface area contributed by atoms with Crippen molar-refractivity contribution in [2.45, 2.75) is 229 Å². The van der Waals surface area contributed by atoms with E-state index in [1.54, 1.807) is 28.4 Å². The van der Waals surface area contributed by atoms with Crippen molar-refractivity contribution < 1.29 is 91.9 Å². The van der Waals surface area contributed by atoms with Crippen LogP contribution in [0.5, 0.6) is 0 Å². The lowest BCUT2D eigenvalue weighted by molar-refractivity contribution is -0.406. The number of methoxy groups -OCH3 is 4. The van der Waals surface area contributed by atoms with Crippen LogP contribution in [0.15, 0.2) is 0 Å². The lowest BCUT2D eigenvalue weighted by atomic mass is 9.39. The summed E-state index contributed by atoms with van der Waals surface area (Å²) in [6.07, 6.45) is 11.1. The highest BCUT2D eigenvalue weighted by atomic mass is 16.7. The van der Waals surface area contributed by atoms with Crippen LogP contribution in [-0.2, 0) is 66.4 Å². The molecule has 22 atom stereocenters. The molecule has 3 saturated heterocycles. The Hall–Kier alpha value is -1.05. The van der Waals surface area contributed by atoms with Crippen LogP contribution in [0, 0.1) is 69.0 Å². The van der Waals surface area contributed by atoms with Crippen molar-refractivity contribution in [2.75, 3.05) is 82.0 Å². The molecule has 8 saturated carbocycles. The summed E-state index contributed by atoms with van der Waals surface area (Å²) >= 11 is 0. The van der Waals surface area contributed by atoms with Crippen LogP contribution in [0.2, 0.25) is 0 Å². The van der Waals surface area contributed by atoms with Gasteiger partial charge in [0.25, 0.3) is 0 Å². The zero-order valence-corrected chi connectivity index (χ0v) is 50.6. The van der Waals surface area contributed by atoms with Gasteiger partial charge in [0.2, 0.25) is 0 Å². The number of carbonyl (C=O) groups is 1. The molecule has 8 aliphatic carbocycles. The Balaban J connectivity index is 0.000000175. The van der Waals surface area contributed by atoms with Crippen molar-refractivity contribution in [1.82, 2.24) is 0 Å². The Bertz CT molecular complexity index is 2080. The van der Waals surface area contributed by atoms with Gasteiger partial charge >= 0.3 is 0 Å². The number of aliphatic hydroxyl groups is 5. The largest absolute Gasteiger partial charge is 0.394 e. The van der Waals surface area contributed by atoms with Gasteiger partial charge in [0.15, 0.2) is 17.9 Å². The molecule has 0 aromatic carbocycles. The third-order valence-electron chi connectivity index (χ3n) is 23.3. The van der Waals surface area contributed by atoms with Crippen LogP contribution >= 0.6 is 0 Å². The topological polar surface area (TPSA) is 238 Å². The first-order valence-corrected chi connectivity index (χ1v) is 30.4. The fourth-order valence-electron chi connectivity index (χ4n) is 20.3. The first-order valence-electron chi connectivity index (χ1n) is 30.4. The number of hydrogen-bond donors (Lipinski definition) is 5. The van der Waals surface area contributed by atoms with Crippen LogP contribution in [-0.4, -0.2) is 185 Å². The van der Waals surface area contributed by atoms with Crippen molar-refractivity contribution in [2.24, 2.45) is 69.0 Å². The SMILES string of the molecule is COCO[C@@H]1C[C@]2(C)[C@@H](C(O)CO)CC[C@]2(OCOC)C2CC[C@]3(O)C[C@@H](C)C[C@H]4OC(C)(C)OC[C@]43C21.COCO[C@@H]1C[C@]2(C)[C@@H](C=O)CC[C@]2(OCOC)C2CC[C@]3(O)C[C@@H](C)C[C@H]4OC(C)(C)OC[C@]43C21.OC1CCCO1. The van der Waals surface area contributed by atoms with Gasteiger partial charge in [-0.25, -0.2) is 0 Å². The zero-order valence-electron chi connectivity index (χ0n) is 50.6. The maximum atomic E-state index is 12.6. The van der Waals surface area contributed by atoms with Gasteiger partial charge in [-0.2, -0.15) is 0 Å². The van der Waals surface area contributed by atoms with E-state index in [1.807, 2.05) is 27.7 Å². The number of carbonyl (C=O) groups excluding carboxylic acids is 1. The highest BCUT2D eigenvalue weighted by molar-refractivity contribution is 5.57. The Labute approximate surface area is 476 Å². The van der Waals surface area contributed by atoms with Crippen molar-refractivity contribution in [1.29, 1.82) is 0 Å². The molecule has 0 bridgehead atoms. The Morgan fingerprint density at radius 2 is 1.07 bits per heavy atom. The summed E-state index contributed by atoms with van der Waals surface area (Å²) in [4.78, 5) is 12.3. The maximum absolute atomic E-state index is 12.6. The molecule has 3 heterocycles. The maximum Gasteiger partial charge on any atom is 0.163 e. The lowest BCUT2D eigenvalue weighted by Crippen LogP contribution is -2.78. The van der Waals surface area contributed by atoms with E-state index < -0.39 is 68.0 Å². The summed E-state index contributed by atoms with van der Waals surface area (Å²) in [5.41, 5.74) is -5.25. The van der Waals surface area contributed by atoms with E-state index in [1.165, 1.54) is 0 Å². The summed E-state index contributed by atoms with van der Waals surface area (Å²) in [6, 6.07) is 0. The Morgan fingerprint density at radius 3 is 1.49 bits per heavy atom. The summed E-state index contributed by atoms with van der Waals surface area (Å²) < 4.78 is 79.1. The fourth-order valence-corrected chi connectivity index (χ4v) is 20.3. The average Bonchev–Trinajstić information content (AvgIpc) is 3.26. The molecule has 0 aromatic heterocycles. The molecule has 5 N–H and O–H groups in total. The van der Waals surface area contributed by atoms with Gasteiger partial charge in [0, 0.05) is 70.1 Å². The summed E-state index contributed by atoms with van der Waals surface area (Å²) in [5.74, 6) is -1.18. The van der Waals surface area contributed by atoms with Crippen molar-refractivity contribution in [3.8, 4) is 0 Å². The number of fused-ring (bicyclic) bond motifs is 6. The molecule has 0 amide bonds. The van der Waals surface area contributed by atoms with Crippen LogP contribution < -0.4 is 0 Å². The van der Waals surface area contributed by atoms with Gasteiger partial charge in [-0.15, -0.1) is 0 Å². The molecular weight excluding hydrogens is 1040 g/mol. The minimum absolute atomic E-state index is 0.0127. The van der Waals surface area contributed by atoms with Crippen molar-refractivity contribution in [3.05, 3.63) is 0 Å². The van der Waals surface area contributed by atoms with E-state index in [-0.39, 0.29) is 93.7 Å². The van der Waals surface area contributed by atoms with Gasteiger partial charge < -0.3 is 91.9 Å². The molecule has 0 radical (unpaired) electrons. The number of hydrogen-bond acceptors (Lipinski definition) is 19. The second-order valence-electron chi connectivity index (χ2n) is 28.2. The first kappa shape index (κ1) is 63.5. The molecule has 19 nitrogen and oxygen atoms in total. The van der Waals surface area contributed by atoms with E-state index >= 15 is 0 Å². The Morgan fingerprint density at radius 1 is 0.613 bits per heavy atom. The lowest BCUT2D eigenvalue weighted by Gasteiger charge is -2.72. The standard InChI is InChI=1S/C29H50O9.C28H46O8.C4H8O2/c1-18-11-23-28(15-36-25(2,3)38-23)24-20(7-9-27(28,32)12-18)29(37-17-34-6)10-8-19(21(31)14-30)26(29,4)13-22(24)35-16-33-5;1-18-11-22-27(15-34-24(2,3)36-22)23-20(8-9-26(27,30)12-18)28(35-17-32-6)10-7-19(14-29)25(28,4)13-21(23)33-16-31-5;5-4-2-1-3-6-4/h18-24,30-32H,7-17H2,1-6H3;14,18-23,30H,7-13,15-17H2,1-6H3;4-5H,1-3H2/t18-,19+,20?,21?,22+,23+,24?,26+,27-,28+,29-;18-,19+,20?,21+,22+,23?,25+,26-,27+,28-;/m00./s1. The smallest absolute Gasteiger partial charge is 0.163 e. The highest BCUT2D eigenvalue weighted by Crippen LogP contribution is 2.75. The van der Waals surface area contributed by atoms with E-state index in [0.717, 1.165) is 83.5 Å². The quantitative estimate of drug-likeness (QED) is 0.0855. The summed E-state index contributed by atoms with van der Waals surface area (Å²) in [5, 5.41) is 54.5. The van der Waals surface area contributed by atoms with E-state index in [4.69, 9.17) is 66.7 Å². The molecule has 0 aromatic rings. The van der Waals surface area contributed by atoms with Crippen LogP contribution in [0.1, 0.15) is 158 Å². The molecule has 462 valence electrons. The van der Waals surface area contributed by atoms with Gasteiger partial charge in [0.1, 0.15) is 33.5 Å². The van der Waals surface area contributed by atoms with Crippen LogP contribution in [0.25, 0.3) is 0 Å². The van der Waals surface area contributed by atoms with E-state index in [9.17, 15) is 25.2 Å². The number of aldehydes is 1. The third kappa shape index (κ3) is 10.3. The third-order valence-corrected chi connectivity index (χ3v) is 23.3. The predicted octanol–water partition coefficient (Wildman–Crippen LogP) is 6.63.